The smallest absolute Gasteiger partial charge is 0.262 e. The molecule has 0 aromatic heterocycles. The molecule has 0 atom stereocenters. The fraction of sp³-hybridized carbons (Fsp3) is 0.0588. The second-order valence-corrected chi connectivity index (χ2v) is 7.07. The van der Waals surface area contributed by atoms with Crippen molar-refractivity contribution in [1.82, 2.24) is 10.3 Å². The molecule has 3 rings (SSSR count). The molecule has 2 aromatic carbocycles. The van der Waals surface area contributed by atoms with Gasteiger partial charge in [0.1, 0.15) is 0 Å². The first-order valence-electron chi connectivity index (χ1n) is 7.23. The number of carbonyl (C=O) groups is 2. The molecule has 8 heteroatoms. The van der Waals surface area contributed by atoms with Crippen LogP contribution in [0.3, 0.4) is 0 Å². The first-order valence-corrected chi connectivity index (χ1v) is 9.00. The Bertz CT molecular complexity index is 851. The van der Waals surface area contributed by atoms with Gasteiger partial charge >= 0.3 is 0 Å². The summed E-state index contributed by atoms with van der Waals surface area (Å²) in [6.07, 6.45) is 1.55. The summed E-state index contributed by atoms with van der Waals surface area (Å²) in [5.41, 5.74) is 4.28. The topological polar surface area (TPSA) is 61.8 Å². The number of hydrogen-bond acceptors (Lipinski definition) is 5. The number of thiocarbonyl (C=S) groups is 1. The maximum Gasteiger partial charge on any atom is 0.262 e. The van der Waals surface area contributed by atoms with E-state index in [1.165, 1.54) is 4.90 Å². The predicted octanol–water partition coefficient (Wildman–Crippen LogP) is 3.54. The van der Waals surface area contributed by atoms with Gasteiger partial charge in [-0.15, -0.1) is 0 Å². The van der Waals surface area contributed by atoms with Gasteiger partial charge < -0.3 is 0 Å². The summed E-state index contributed by atoms with van der Waals surface area (Å²) in [6.45, 7) is 0. The van der Waals surface area contributed by atoms with E-state index in [-0.39, 0.29) is 17.7 Å². The van der Waals surface area contributed by atoms with Crippen molar-refractivity contribution in [3.05, 3.63) is 70.2 Å². The standard InChI is InChI=1S/C17H12ClN3O2S2/c18-14-8-4-1-5-11(14)9-19-20-17(24)25-10-21-15(22)12-6-2-3-7-13(12)16(21)23/h1-9H,10H2,(H,20,24)/b19-9+. The molecule has 1 N–H and O–H groups in total. The Morgan fingerprint density at radius 1 is 1.12 bits per heavy atom. The van der Waals surface area contributed by atoms with Crippen molar-refractivity contribution in [2.24, 2.45) is 5.10 Å². The SMILES string of the molecule is O=C1c2ccccc2C(=O)N1CSC(=S)N/N=C/c1ccccc1Cl. The maximum atomic E-state index is 12.2. The van der Waals surface area contributed by atoms with Crippen molar-refractivity contribution < 1.29 is 9.59 Å². The Balaban J connectivity index is 1.54. The first kappa shape index (κ1) is 17.6. The lowest BCUT2D eigenvalue weighted by Gasteiger charge is -2.13. The third kappa shape index (κ3) is 3.89. The number of nitrogens with one attached hydrogen (secondary N) is 1. The molecule has 0 unspecified atom stereocenters. The van der Waals surface area contributed by atoms with Crippen molar-refractivity contribution in [2.75, 3.05) is 5.88 Å². The molecule has 1 heterocycles. The number of benzene rings is 2. The van der Waals surface area contributed by atoms with Gasteiger partial charge in [0.25, 0.3) is 11.8 Å². The lowest BCUT2D eigenvalue weighted by molar-refractivity contribution is 0.0684. The van der Waals surface area contributed by atoms with Crippen LogP contribution in [-0.2, 0) is 0 Å². The number of imide groups is 1. The Kier molecular flexibility index (Phi) is 5.47. The fourth-order valence-corrected chi connectivity index (χ4v) is 3.24. The Hall–Kier alpha value is -2.22. The highest BCUT2D eigenvalue weighted by atomic mass is 35.5. The summed E-state index contributed by atoms with van der Waals surface area (Å²) in [7, 11) is 0. The van der Waals surface area contributed by atoms with E-state index in [0.29, 0.717) is 20.5 Å². The van der Waals surface area contributed by atoms with Crippen LogP contribution in [0.4, 0.5) is 0 Å². The van der Waals surface area contributed by atoms with Gasteiger partial charge in [0.15, 0.2) is 4.32 Å². The van der Waals surface area contributed by atoms with Gasteiger partial charge in [0.2, 0.25) is 0 Å². The van der Waals surface area contributed by atoms with Crippen LogP contribution in [0.1, 0.15) is 26.3 Å². The summed E-state index contributed by atoms with van der Waals surface area (Å²) in [4.78, 5) is 25.6. The van der Waals surface area contributed by atoms with Gasteiger partial charge in [-0.1, -0.05) is 65.9 Å². The number of carbonyl (C=O) groups excluding carboxylic acids is 2. The van der Waals surface area contributed by atoms with E-state index in [4.69, 9.17) is 23.8 Å². The molecule has 0 saturated heterocycles. The van der Waals surface area contributed by atoms with Crippen LogP contribution in [0, 0.1) is 0 Å². The molecule has 0 spiro atoms. The molecule has 0 bridgehead atoms. The van der Waals surface area contributed by atoms with E-state index in [9.17, 15) is 9.59 Å². The number of halogens is 1. The van der Waals surface area contributed by atoms with Crippen molar-refractivity contribution in [2.45, 2.75) is 0 Å². The molecule has 126 valence electrons. The zero-order chi connectivity index (χ0) is 17.8. The van der Waals surface area contributed by atoms with Crippen LogP contribution in [0.5, 0.6) is 0 Å². The largest absolute Gasteiger partial charge is 0.269 e. The normalized spacial score (nSPS) is 13.4. The van der Waals surface area contributed by atoms with Crippen molar-refractivity contribution in [3.8, 4) is 0 Å². The van der Waals surface area contributed by atoms with E-state index in [2.05, 4.69) is 10.5 Å². The molecule has 25 heavy (non-hydrogen) atoms. The number of amides is 2. The molecule has 0 fully saturated rings. The summed E-state index contributed by atoms with van der Waals surface area (Å²) >= 11 is 12.3. The second-order valence-electron chi connectivity index (χ2n) is 5.04. The van der Waals surface area contributed by atoms with Crippen LogP contribution >= 0.6 is 35.6 Å². The molecule has 1 aliphatic heterocycles. The lowest BCUT2D eigenvalue weighted by atomic mass is 10.1. The summed E-state index contributed by atoms with van der Waals surface area (Å²) in [6, 6.07) is 14.0. The minimum Gasteiger partial charge on any atom is -0.269 e. The highest BCUT2D eigenvalue weighted by Gasteiger charge is 2.34. The number of fused-ring (bicyclic) bond motifs is 1. The molecular weight excluding hydrogens is 378 g/mol. The van der Waals surface area contributed by atoms with Crippen molar-refractivity contribution >= 4 is 57.9 Å². The quantitative estimate of drug-likeness (QED) is 0.375. The third-order valence-corrected chi connectivity index (χ3v) is 5.00. The lowest BCUT2D eigenvalue weighted by Crippen LogP contribution is -2.30. The maximum absolute atomic E-state index is 12.2. The van der Waals surface area contributed by atoms with Gasteiger partial charge in [-0.05, 0) is 18.2 Å². The molecule has 0 aliphatic carbocycles. The summed E-state index contributed by atoms with van der Waals surface area (Å²) < 4.78 is 0.347. The zero-order valence-electron chi connectivity index (χ0n) is 12.8. The highest BCUT2D eigenvalue weighted by molar-refractivity contribution is 8.22. The summed E-state index contributed by atoms with van der Waals surface area (Å²) in [5, 5.41) is 4.60. The third-order valence-electron chi connectivity index (χ3n) is 3.47. The molecule has 0 radical (unpaired) electrons. The Labute approximate surface area is 159 Å². The minimum atomic E-state index is -0.310. The van der Waals surface area contributed by atoms with Crippen LogP contribution in [0.15, 0.2) is 53.6 Å². The van der Waals surface area contributed by atoms with Gasteiger partial charge in [-0.25, -0.2) is 0 Å². The summed E-state index contributed by atoms with van der Waals surface area (Å²) in [5.74, 6) is -0.495. The average molecular weight is 390 g/mol. The molecular formula is C17H12ClN3O2S2. The number of nitrogens with zero attached hydrogens (tertiary/aromatic N) is 2. The first-order chi connectivity index (χ1) is 12.1. The number of rotatable bonds is 4. The number of hydrazone groups is 1. The van der Waals surface area contributed by atoms with Gasteiger partial charge in [-0.3, -0.25) is 19.9 Å². The van der Waals surface area contributed by atoms with Crippen LogP contribution in [-0.4, -0.2) is 33.1 Å². The monoisotopic (exact) mass is 389 g/mol. The van der Waals surface area contributed by atoms with Gasteiger partial charge in [0.05, 0.1) is 23.2 Å². The second kappa shape index (κ2) is 7.77. The Morgan fingerprint density at radius 3 is 2.36 bits per heavy atom. The van der Waals surface area contributed by atoms with E-state index in [0.717, 1.165) is 17.3 Å². The number of hydrogen-bond donors (Lipinski definition) is 1. The molecule has 0 saturated carbocycles. The van der Waals surface area contributed by atoms with E-state index < -0.39 is 0 Å². The average Bonchev–Trinajstić information content (AvgIpc) is 2.86. The van der Waals surface area contributed by atoms with Crippen LogP contribution in [0.2, 0.25) is 5.02 Å². The van der Waals surface area contributed by atoms with Gasteiger partial charge in [0, 0.05) is 10.6 Å². The molecule has 1 aliphatic rings. The van der Waals surface area contributed by atoms with Crippen molar-refractivity contribution in [1.29, 1.82) is 0 Å². The highest BCUT2D eigenvalue weighted by Crippen LogP contribution is 2.24. The number of thioether (sulfide) groups is 1. The fourth-order valence-electron chi connectivity index (χ4n) is 2.25. The molecule has 5 nitrogen and oxygen atoms in total. The van der Waals surface area contributed by atoms with Crippen LogP contribution in [0.25, 0.3) is 0 Å². The molecule has 2 amide bonds. The Morgan fingerprint density at radius 2 is 1.72 bits per heavy atom. The zero-order valence-corrected chi connectivity index (χ0v) is 15.2. The predicted molar refractivity (Wildman–Crippen MR) is 104 cm³/mol. The van der Waals surface area contributed by atoms with E-state index in [1.54, 1.807) is 36.5 Å². The van der Waals surface area contributed by atoms with E-state index in [1.807, 2.05) is 18.2 Å². The van der Waals surface area contributed by atoms with Gasteiger partial charge in [-0.2, -0.15) is 5.10 Å². The van der Waals surface area contributed by atoms with Crippen LogP contribution < -0.4 is 5.43 Å². The van der Waals surface area contributed by atoms with E-state index >= 15 is 0 Å². The van der Waals surface area contributed by atoms with Crippen molar-refractivity contribution in [3.63, 3.8) is 0 Å². The molecule has 2 aromatic rings. The minimum absolute atomic E-state index is 0.125.